The first-order chi connectivity index (χ1) is 7.78. The van der Waals surface area contributed by atoms with Gasteiger partial charge in [0.25, 0.3) is 0 Å². The Balaban J connectivity index is 2.45. The minimum atomic E-state index is -1.07. The summed E-state index contributed by atoms with van der Waals surface area (Å²) in [6.45, 7) is 5.51. The number of hydrogen-bond donors (Lipinski definition) is 2. The van der Waals surface area contributed by atoms with Gasteiger partial charge in [0.1, 0.15) is 5.60 Å². The molecule has 7 heteroatoms. The van der Waals surface area contributed by atoms with Crippen molar-refractivity contribution < 1.29 is 19.4 Å². The van der Waals surface area contributed by atoms with Gasteiger partial charge in [0, 0.05) is 11.1 Å². The van der Waals surface area contributed by atoms with Crippen molar-refractivity contribution in [2.75, 3.05) is 0 Å². The van der Waals surface area contributed by atoms with Crippen LogP contribution in [0.5, 0.6) is 0 Å². The van der Waals surface area contributed by atoms with E-state index in [-0.39, 0.29) is 11.6 Å². The van der Waals surface area contributed by atoms with E-state index in [0.717, 1.165) is 11.3 Å². The van der Waals surface area contributed by atoms with Crippen LogP contribution < -0.4 is 5.32 Å². The monoisotopic (exact) mass is 258 g/mol. The number of ether oxygens (including phenoxy) is 1. The Labute approximate surface area is 103 Å². The zero-order valence-electron chi connectivity index (χ0n) is 9.81. The van der Waals surface area contributed by atoms with E-state index >= 15 is 0 Å². The molecular weight excluding hydrogens is 244 g/mol. The van der Waals surface area contributed by atoms with E-state index in [1.165, 1.54) is 6.20 Å². The normalized spacial score (nSPS) is 11.0. The third kappa shape index (κ3) is 4.81. The summed E-state index contributed by atoms with van der Waals surface area (Å²) in [4.78, 5) is 26.2. The fraction of sp³-hybridized carbons (Fsp3) is 0.500. The Hall–Kier alpha value is -1.63. The highest BCUT2D eigenvalue weighted by Crippen LogP contribution is 2.13. The number of carbonyl (C=O) groups is 2. The molecule has 1 aromatic heterocycles. The first kappa shape index (κ1) is 13.4. The fourth-order valence-corrected chi connectivity index (χ4v) is 1.65. The van der Waals surface area contributed by atoms with E-state index in [4.69, 9.17) is 9.84 Å². The molecule has 1 heterocycles. The van der Waals surface area contributed by atoms with Gasteiger partial charge in [-0.2, -0.15) is 0 Å². The molecule has 0 aromatic carbocycles. The Morgan fingerprint density at radius 3 is 2.65 bits per heavy atom. The fourth-order valence-electron chi connectivity index (χ4n) is 0.962. The predicted molar refractivity (Wildman–Crippen MR) is 62.1 cm³/mol. The van der Waals surface area contributed by atoms with Crippen LogP contribution in [0.4, 0.5) is 4.79 Å². The predicted octanol–water partition coefficient (Wildman–Crippen LogP) is 1.87. The molecule has 1 amide bonds. The van der Waals surface area contributed by atoms with Gasteiger partial charge in [0.15, 0.2) is 0 Å². The lowest BCUT2D eigenvalue weighted by atomic mass is 10.2. The highest BCUT2D eigenvalue weighted by Gasteiger charge is 2.16. The SMILES string of the molecule is CC(C)(C)OC(=O)NCc1cnc(C(=O)O)s1. The summed E-state index contributed by atoms with van der Waals surface area (Å²) in [6.07, 6.45) is 0.883. The molecule has 0 fully saturated rings. The molecule has 17 heavy (non-hydrogen) atoms. The van der Waals surface area contributed by atoms with E-state index in [1.54, 1.807) is 20.8 Å². The second kappa shape index (κ2) is 5.13. The first-order valence-electron chi connectivity index (χ1n) is 4.93. The minimum Gasteiger partial charge on any atom is -0.476 e. The lowest BCUT2D eigenvalue weighted by Gasteiger charge is -2.19. The number of carboxylic acids is 1. The number of thiazole rings is 1. The number of carbonyl (C=O) groups excluding carboxylic acids is 1. The molecule has 1 aromatic rings. The lowest BCUT2D eigenvalue weighted by Crippen LogP contribution is -2.31. The largest absolute Gasteiger partial charge is 0.476 e. The van der Waals surface area contributed by atoms with Crippen LogP contribution in [0.3, 0.4) is 0 Å². The molecular formula is C10H14N2O4S. The van der Waals surface area contributed by atoms with Crippen molar-refractivity contribution in [1.82, 2.24) is 10.3 Å². The second-order valence-electron chi connectivity index (χ2n) is 4.29. The van der Waals surface area contributed by atoms with Crippen LogP contribution in [0.25, 0.3) is 0 Å². The van der Waals surface area contributed by atoms with Crippen LogP contribution in [-0.2, 0) is 11.3 Å². The summed E-state index contributed by atoms with van der Waals surface area (Å²) >= 11 is 1.02. The number of nitrogens with zero attached hydrogens (tertiary/aromatic N) is 1. The van der Waals surface area contributed by atoms with Crippen molar-refractivity contribution in [3.05, 3.63) is 16.1 Å². The number of rotatable bonds is 3. The van der Waals surface area contributed by atoms with Gasteiger partial charge in [-0.25, -0.2) is 14.6 Å². The zero-order valence-corrected chi connectivity index (χ0v) is 10.6. The number of amides is 1. The molecule has 0 aliphatic rings. The van der Waals surface area contributed by atoms with E-state index in [9.17, 15) is 9.59 Å². The van der Waals surface area contributed by atoms with Crippen molar-refractivity contribution in [3.8, 4) is 0 Å². The average molecular weight is 258 g/mol. The molecule has 0 unspecified atom stereocenters. The molecule has 0 aliphatic carbocycles. The minimum absolute atomic E-state index is 0.00555. The van der Waals surface area contributed by atoms with Crippen LogP contribution >= 0.6 is 11.3 Å². The topological polar surface area (TPSA) is 88.5 Å². The van der Waals surface area contributed by atoms with Gasteiger partial charge < -0.3 is 15.2 Å². The van der Waals surface area contributed by atoms with Crippen LogP contribution in [0.15, 0.2) is 6.20 Å². The van der Waals surface area contributed by atoms with Crippen molar-refractivity contribution in [1.29, 1.82) is 0 Å². The second-order valence-corrected chi connectivity index (χ2v) is 5.41. The summed E-state index contributed by atoms with van der Waals surface area (Å²) in [5.74, 6) is -1.07. The van der Waals surface area contributed by atoms with Gasteiger partial charge in [-0.1, -0.05) is 0 Å². The molecule has 0 saturated heterocycles. The average Bonchev–Trinajstić information content (AvgIpc) is 2.60. The van der Waals surface area contributed by atoms with E-state index in [0.29, 0.717) is 4.88 Å². The third-order valence-corrected chi connectivity index (χ3v) is 2.53. The molecule has 2 N–H and O–H groups in total. The van der Waals surface area contributed by atoms with E-state index in [1.807, 2.05) is 0 Å². The van der Waals surface area contributed by atoms with Crippen molar-refractivity contribution in [2.24, 2.45) is 0 Å². The quantitative estimate of drug-likeness (QED) is 0.864. The number of nitrogens with one attached hydrogen (secondary N) is 1. The van der Waals surface area contributed by atoms with Crippen LogP contribution in [-0.4, -0.2) is 27.8 Å². The summed E-state index contributed by atoms with van der Waals surface area (Å²) in [6, 6.07) is 0. The number of hydrogen-bond acceptors (Lipinski definition) is 5. The molecule has 0 bridgehead atoms. The van der Waals surface area contributed by atoms with Gasteiger partial charge in [-0.15, -0.1) is 11.3 Å². The first-order valence-corrected chi connectivity index (χ1v) is 5.74. The Morgan fingerprint density at radius 1 is 1.53 bits per heavy atom. The summed E-state index contributed by atoms with van der Waals surface area (Å²) in [5, 5.41) is 11.2. The number of aromatic carboxylic acids is 1. The number of alkyl carbamates (subject to hydrolysis) is 1. The molecule has 1 rings (SSSR count). The summed E-state index contributed by atoms with van der Waals surface area (Å²) in [7, 11) is 0. The van der Waals surface area contributed by atoms with Gasteiger partial charge in [0.05, 0.1) is 6.54 Å². The number of aromatic nitrogens is 1. The van der Waals surface area contributed by atoms with E-state index in [2.05, 4.69) is 10.3 Å². The zero-order chi connectivity index (χ0) is 13.1. The molecule has 0 spiro atoms. The molecule has 0 atom stereocenters. The van der Waals surface area contributed by atoms with Crippen molar-refractivity contribution in [2.45, 2.75) is 32.9 Å². The molecule has 94 valence electrons. The van der Waals surface area contributed by atoms with E-state index < -0.39 is 17.7 Å². The van der Waals surface area contributed by atoms with Gasteiger partial charge in [0.2, 0.25) is 5.01 Å². The maximum absolute atomic E-state index is 11.3. The van der Waals surface area contributed by atoms with Crippen LogP contribution in [0, 0.1) is 0 Å². The number of carboxylic acid groups (broad SMARTS) is 1. The standard InChI is InChI=1S/C10H14N2O4S/c1-10(2,3)16-9(15)12-5-6-4-11-7(17-6)8(13)14/h4H,5H2,1-3H3,(H,12,15)(H,13,14). The Bertz CT molecular complexity index is 422. The highest BCUT2D eigenvalue weighted by atomic mass is 32.1. The van der Waals surface area contributed by atoms with Crippen molar-refractivity contribution in [3.63, 3.8) is 0 Å². The van der Waals surface area contributed by atoms with Crippen molar-refractivity contribution >= 4 is 23.4 Å². The highest BCUT2D eigenvalue weighted by molar-refractivity contribution is 7.13. The molecule has 6 nitrogen and oxygen atoms in total. The maximum Gasteiger partial charge on any atom is 0.407 e. The van der Waals surface area contributed by atoms with Gasteiger partial charge in [-0.3, -0.25) is 0 Å². The third-order valence-electron chi connectivity index (χ3n) is 1.54. The van der Waals surface area contributed by atoms with Gasteiger partial charge >= 0.3 is 12.1 Å². The Kier molecular flexibility index (Phi) is 4.06. The maximum atomic E-state index is 11.3. The Morgan fingerprint density at radius 2 is 2.18 bits per heavy atom. The molecule has 0 saturated carbocycles. The van der Waals surface area contributed by atoms with Crippen LogP contribution in [0.1, 0.15) is 35.5 Å². The molecule has 0 aliphatic heterocycles. The summed E-state index contributed by atoms with van der Waals surface area (Å²) in [5.41, 5.74) is -0.552. The van der Waals surface area contributed by atoms with Gasteiger partial charge in [-0.05, 0) is 20.8 Å². The van der Waals surface area contributed by atoms with Crippen LogP contribution in [0.2, 0.25) is 0 Å². The molecule has 0 radical (unpaired) electrons. The lowest BCUT2D eigenvalue weighted by molar-refractivity contribution is 0.0523. The smallest absolute Gasteiger partial charge is 0.407 e. The summed E-state index contributed by atoms with van der Waals surface area (Å²) < 4.78 is 5.03.